The Hall–Kier alpha value is -0.700. The molecule has 2 N–H and O–H groups in total. The lowest BCUT2D eigenvalue weighted by Gasteiger charge is -2.20. The molecule has 0 bridgehead atoms. The Morgan fingerprint density at radius 2 is 2.23 bits per heavy atom. The molecule has 0 saturated heterocycles. The lowest BCUT2D eigenvalue weighted by molar-refractivity contribution is 0.371. The molecule has 0 aliphatic carbocycles. The molecule has 0 saturated carbocycles. The number of nitrogens with two attached hydrogens (primary N) is 1. The van der Waals surface area contributed by atoms with Crippen molar-refractivity contribution in [2.24, 2.45) is 22.7 Å². The van der Waals surface area contributed by atoms with E-state index in [1.165, 1.54) is 5.57 Å². The molecule has 0 aromatic carbocycles. The molecule has 0 heterocycles. The summed E-state index contributed by atoms with van der Waals surface area (Å²) in [4.78, 5) is 10.1. The lowest BCUT2D eigenvalue weighted by Crippen LogP contribution is -2.23. The van der Waals surface area contributed by atoms with Crippen molar-refractivity contribution in [3.63, 3.8) is 0 Å². The van der Waals surface area contributed by atoms with E-state index in [0.717, 1.165) is 6.42 Å². The molecular formula is C10H20N2O. The second-order valence-corrected chi connectivity index (χ2v) is 3.62. The minimum absolute atomic E-state index is 0.289. The van der Waals surface area contributed by atoms with Crippen molar-refractivity contribution in [3.05, 3.63) is 16.6 Å². The molecule has 0 aliphatic heterocycles. The number of nitroso groups, excluding NO2 is 1. The summed E-state index contributed by atoms with van der Waals surface area (Å²) < 4.78 is 0. The topological polar surface area (TPSA) is 55.4 Å². The first-order chi connectivity index (χ1) is 6.15. The van der Waals surface area contributed by atoms with E-state index in [4.69, 9.17) is 5.73 Å². The van der Waals surface area contributed by atoms with E-state index < -0.39 is 0 Å². The first-order valence-corrected chi connectivity index (χ1v) is 4.76. The van der Waals surface area contributed by atoms with Gasteiger partial charge in [-0.25, -0.2) is 0 Å². The van der Waals surface area contributed by atoms with Gasteiger partial charge in [-0.2, -0.15) is 4.91 Å². The van der Waals surface area contributed by atoms with Gasteiger partial charge in [0.2, 0.25) is 0 Å². The molecule has 2 atom stereocenters. The Kier molecular flexibility index (Phi) is 6.41. The van der Waals surface area contributed by atoms with Crippen molar-refractivity contribution < 1.29 is 0 Å². The molecule has 0 radical (unpaired) electrons. The van der Waals surface area contributed by atoms with Gasteiger partial charge in [-0.05, 0) is 38.6 Å². The fraction of sp³-hybridized carbons (Fsp3) is 0.800. The highest BCUT2D eigenvalue weighted by atomic mass is 16.3. The average Bonchev–Trinajstić information content (AvgIpc) is 2.14. The molecule has 0 aromatic heterocycles. The van der Waals surface area contributed by atoms with Crippen molar-refractivity contribution in [1.29, 1.82) is 0 Å². The molecule has 3 nitrogen and oxygen atoms in total. The monoisotopic (exact) mass is 184 g/mol. The van der Waals surface area contributed by atoms with Crippen molar-refractivity contribution in [2.45, 2.75) is 27.2 Å². The molecule has 2 unspecified atom stereocenters. The summed E-state index contributed by atoms with van der Waals surface area (Å²) in [5.74, 6) is 0.672. The number of nitrogens with zero attached hydrogens (tertiary/aromatic N) is 1. The van der Waals surface area contributed by atoms with Crippen LogP contribution in [0.25, 0.3) is 0 Å². The van der Waals surface area contributed by atoms with E-state index in [1.54, 1.807) is 0 Å². The highest BCUT2D eigenvalue weighted by Crippen LogP contribution is 2.19. The molecule has 0 aromatic rings. The quantitative estimate of drug-likeness (QED) is 0.508. The number of hydrogen-bond acceptors (Lipinski definition) is 3. The second-order valence-electron chi connectivity index (χ2n) is 3.62. The maximum absolute atomic E-state index is 10.1. The first kappa shape index (κ1) is 12.3. The fourth-order valence-corrected chi connectivity index (χ4v) is 1.31. The molecule has 0 fully saturated rings. The Labute approximate surface area is 80.4 Å². The van der Waals surface area contributed by atoms with Crippen LogP contribution in [0, 0.1) is 16.7 Å². The van der Waals surface area contributed by atoms with Crippen LogP contribution in [0.1, 0.15) is 27.2 Å². The lowest BCUT2D eigenvalue weighted by atomic mass is 9.88. The summed E-state index contributed by atoms with van der Waals surface area (Å²) in [6, 6.07) is 0. The van der Waals surface area contributed by atoms with E-state index in [0.29, 0.717) is 19.0 Å². The molecule has 0 amide bonds. The van der Waals surface area contributed by atoms with Crippen molar-refractivity contribution in [1.82, 2.24) is 0 Å². The van der Waals surface area contributed by atoms with Gasteiger partial charge in [-0.15, -0.1) is 0 Å². The Morgan fingerprint density at radius 3 is 2.62 bits per heavy atom. The second kappa shape index (κ2) is 6.78. The smallest absolute Gasteiger partial charge is 0.0839 e. The summed E-state index contributed by atoms with van der Waals surface area (Å²) in [7, 11) is 0. The minimum Gasteiger partial charge on any atom is -0.330 e. The zero-order valence-corrected chi connectivity index (χ0v) is 8.79. The van der Waals surface area contributed by atoms with Gasteiger partial charge in [-0.1, -0.05) is 23.7 Å². The van der Waals surface area contributed by atoms with E-state index in [9.17, 15) is 4.91 Å². The van der Waals surface area contributed by atoms with Crippen LogP contribution in [0.2, 0.25) is 0 Å². The van der Waals surface area contributed by atoms with Crippen LogP contribution in [0.4, 0.5) is 0 Å². The Balaban J connectivity index is 4.08. The predicted octanol–water partition coefficient (Wildman–Crippen LogP) is 2.32. The summed E-state index contributed by atoms with van der Waals surface area (Å²) in [5, 5.41) is 2.91. The Bertz CT molecular complexity index is 178. The van der Waals surface area contributed by atoms with E-state index >= 15 is 0 Å². The third kappa shape index (κ3) is 4.78. The summed E-state index contributed by atoms with van der Waals surface area (Å²) in [6.45, 7) is 7.14. The van der Waals surface area contributed by atoms with Gasteiger partial charge in [0, 0.05) is 0 Å². The van der Waals surface area contributed by atoms with Gasteiger partial charge in [-0.3, -0.25) is 0 Å². The number of rotatable bonds is 6. The van der Waals surface area contributed by atoms with E-state index in [2.05, 4.69) is 18.2 Å². The summed E-state index contributed by atoms with van der Waals surface area (Å²) >= 11 is 0. The number of allylic oxidation sites excluding steroid dienone is 2. The van der Waals surface area contributed by atoms with Gasteiger partial charge in [0.15, 0.2) is 0 Å². The van der Waals surface area contributed by atoms with Gasteiger partial charge in [0.25, 0.3) is 0 Å². The van der Waals surface area contributed by atoms with Gasteiger partial charge in [0.05, 0.1) is 6.54 Å². The van der Waals surface area contributed by atoms with Gasteiger partial charge >= 0.3 is 0 Å². The first-order valence-electron chi connectivity index (χ1n) is 4.76. The highest BCUT2D eigenvalue weighted by Gasteiger charge is 2.15. The molecule has 3 heteroatoms. The van der Waals surface area contributed by atoms with Crippen LogP contribution in [-0.4, -0.2) is 13.1 Å². The van der Waals surface area contributed by atoms with Crippen molar-refractivity contribution in [2.75, 3.05) is 13.1 Å². The normalized spacial score (nSPS) is 16.8. The minimum atomic E-state index is 0.289. The molecule has 0 rings (SSSR count). The van der Waals surface area contributed by atoms with Crippen molar-refractivity contribution in [3.8, 4) is 0 Å². The van der Waals surface area contributed by atoms with Crippen LogP contribution in [-0.2, 0) is 0 Å². The predicted molar refractivity (Wildman–Crippen MR) is 56.4 cm³/mol. The zero-order chi connectivity index (χ0) is 10.3. The highest BCUT2D eigenvalue weighted by molar-refractivity contribution is 4.98. The van der Waals surface area contributed by atoms with Gasteiger partial charge < -0.3 is 5.73 Å². The van der Waals surface area contributed by atoms with Crippen LogP contribution >= 0.6 is 0 Å². The SMILES string of the molecule is C/C=C(\C)CC(CN)C(C)CN=O. The van der Waals surface area contributed by atoms with Crippen molar-refractivity contribution >= 4 is 0 Å². The van der Waals surface area contributed by atoms with E-state index in [-0.39, 0.29) is 5.92 Å². The van der Waals surface area contributed by atoms with E-state index in [1.807, 2.05) is 13.8 Å². The molecular weight excluding hydrogens is 164 g/mol. The summed E-state index contributed by atoms with van der Waals surface area (Å²) in [6.07, 6.45) is 3.06. The largest absolute Gasteiger partial charge is 0.330 e. The van der Waals surface area contributed by atoms with Crippen LogP contribution in [0.3, 0.4) is 0 Å². The third-order valence-electron chi connectivity index (χ3n) is 2.55. The average molecular weight is 184 g/mol. The van der Waals surface area contributed by atoms with Crippen LogP contribution in [0.5, 0.6) is 0 Å². The third-order valence-corrected chi connectivity index (χ3v) is 2.55. The molecule has 0 aliphatic rings. The Morgan fingerprint density at radius 1 is 1.62 bits per heavy atom. The standard InChI is InChI=1S/C10H20N2O/c1-4-8(2)5-10(6-11)9(3)7-12-13/h4,9-10H,5-7,11H2,1-3H3/b8-4+. The maximum Gasteiger partial charge on any atom is 0.0839 e. The van der Waals surface area contributed by atoms with Crippen LogP contribution < -0.4 is 5.73 Å². The molecule has 76 valence electrons. The molecule has 0 spiro atoms. The van der Waals surface area contributed by atoms with Crippen LogP contribution in [0.15, 0.2) is 16.8 Å². The number of hydrogen-bond donors (Lipinski definition) is 1. The summed E-state index contributed by atoms with van der Waals surface area (Å²) in [5.41, 5.74) is 6.96. The fourth-order valence-electron chi connectivity index (χ4n) is 1.31. The van der Waals surface area contributed by atoms with Gasteiger partial charge in [0.1, 0.15) is 0 Å². The maximum atomic E-state index is 10.1. The zero-order valence-electron chi connectivity index (χ0n) is 8.79. The molecule has 13 heavy (non-hydrogen) atoms.